The Morgan fingerprint density at radius 3 is 2.71 bits per heavy atom. The van der Waals surface area contributed by atoms with E-state index in [0.717, 1.165) is 5.82 Å². The molecule has 2 amide bonds. The minimum Gasteiger partial charge on any atom is -0.442 e. The van der Waals surface area contributed by atoms with Crippen LogP contribution in [0.4, 0.5) is 20.7 Å². The van der Waals surface area contributed by atoms with E-state index in [1.165, 1.54) is 17.9 Å². The summed E-state index contributed by atoms with van der Waals surface area (Å²) < 4.78 is 25.3. The lowest BCUT2D eigenvalue weighted by Crippen LogP contribution is -2.47. The van der Waals surface area contributed by atoms with Gasteiger partial charge in [0.25, 0.3) is 0 Å². The monoisotopic (exact) mass is 472 g/mol. The number of ether oxygens (including phenoxy) is 2. The van der Waals surface area contributed by atoms with Crippen molar-refractivity contribution < 1.29 is 28.6 Å². The van der Waals surface area contributed by atoms with Gasteiger partial charge in [-0.05, 0) is 43.2 Å². The van der Waals surface area contributed by atoms with E-state index in [2.05, 4.69) is 15.2 Å². The fraction of sp³-hybridized carbons (Fsp3) is 0.458. The van der Waals surface area contributed by atoms with Crippen LogP contribution in [0, 0.1) is 5.82 Å². The lowest BCUT2D eigenvalue weighted by Gasteiger charge is -2.38. The van der Waals surface area contributed by atoms with Crippen molar-refractivity contribution in [1.29, 1.82) is 0 Å². The van der Waals surface area contributed by atoms with Crippen molar-refractivity contribution >= 4 is 23.5 Å². The standard InChI is InChI=1S/C24H29FN4O5/c1-16(30)26-13-19-14-29(23(31)34-19)18-4-5-20(21(25)11-18)17-3-6-22(27-12-17)28-9-7-24(32,8-10-28)15-33-2/h3-6,11-12,19,32H,7-10,13-15H2,1-2H3,(H,26,30). The highest BCUT2D eigenvalue weighted by atomic mass is 19.1. The molecule has 182 valence electrons. The van der Waals surface area contributed by atoms with Crippen molar-refractivity contribution in [3.63, 3.8) is 0 Å². The zero-order valence-electron chi connectivity index (χ0n) is 19.3. The van der Waals surface area contributed by atoms with E-state index in [0.29, 0.717) is 49.4 Å². The Balaban J connectivity index is 1.41. The van der Waals surface area contributed by atoms with Gasteiger partial charge in [0.1, 0.15) is 17.7 Å². The molecule has 10 heteroatoms. The topological polar surface area (TPSA) is 104 Å². The second kappa shape index (κ2) is 9.94. The zero-order chi connectivity index (χ0) is 24.3. The highest BCUT2D eigenvalue weighted by Gasteiger charge is 2.34. The van der Waals surface area contributed by atoms with E-state index in [1.807, 2.05) is 12.1 Å². The van der Waals surface area contributed by atoms with Gasteiger partial charge in [-0.3, -0.25) is 9.69 Å². The highest BCUT2D eigenvalue weighted by Crippen LogP contribution is 2.31. The molecule has 2 saturated heterocycles. The quantitative estimate of drug-likeness (QED) is 0.637. The lowest BCUT2D eigenvalue weighted by molar-refractivity contribution is -0.119. The fourth-order valence-corrected chi connectivity index (χ4v) is 4.30. The molecule has 0 radical (unpaired) electrons. The van der Waals surface area contributed by atoms with E-state index in [4.69, 9.17) is 9.47 Å². The molecular formula is C24H29FN4O5. The Morgan fingerprint density at radius 1 is 1.32 bits per heavy atom. The molecule has 1 aromatic heterocycles. The number of rotatable bonds is 7. The smallest absolute Gasteiger partial charge is 0.414 e. The summed E-state index contributed by atoms with van der Waals surface area (Å²) in [4.78, 5) is 31.2. The molecule has 1 aromatic carbocycles. The minimum absolute atomic E-state index is 0.207. The lowest BCUT2D eigenvalue weighted by atomic mass is 9.92. The van der Waals surface area contributed by atoms with Gasteiger partial charge < -0.3 is 24.8 Å². The molecule has 2 N–H and O–H groups in total. The number of benzene rings is 1. The van der Waals surface area contributed by atoms with Crippen LogP contribution in [-0.4, -0.2) is 73.7 Å². The van der Waals surface area contributed by atoms with Crippen LogP contribution in [0.1, 0.15) is 19.8 Å². The summed E-state index contributed by atoms with van der Waals surface area (Å²) in [5, 5.41) is 13.1. The van der Waals surface area contributed by atoms with Crippen molar-refractivity contribution in [2.75, 3.05) is 49.7 Å². The van der Waals surface area contributed by atoms with Gasteiger partial charge in [0.15, 0.2) is 0 Å². The van der Waals surface area contributed by atoms with Gasteiger partial charge in [-0.2, -0.15) is 0 Å². The third-order valence-corrected chi connectivity index (χ3v) is 6.21. The number of piperidine rings is 1. The molecule has 0 aliphatic carbocycles. The number of aromatic nitrogens is 1. The number of hydrogen-bond acceptors (Lipinski definition) is 7. The molecule has 34 heavy (non-hydrogen) atoms. The Hall–Kier alpha value is -3.24. The Labute approximate surface area is 197 Å². The molecule has 3 heterocycles. The summed E-state index contributed by atoms with van der Waals surface area (Å²) in [5.74, 6) is 0.0791. The molecular weight excluding hydrogens is 443 g/mol. The molecule has 2 aliphatic heterocycles. The van der Waals surface area contributed by atoms with Crippen LogP contribution in [0.2, 0.25) is 0 Å². The fourth-order valence-electron chi connectivity index (χ4n) is 4.30. The van der Waals surface area contributed by atoms with Gasteiger partial charge >= 0.3 is 6.09 Å². The molecule has 9 nitrogen and oxygen atoms in total. The Morgan fingerprint density at radius 2 is 2.09 bits per heavy atom. The molecule has 0 saturated carbocycles. The van der Waals surface area contributed by atoms with Crippen LogP contribution in [0.15, 0.2) is 36.5 Å². The summed E-state index contributed by atoms with van der Waals surface area (Å²) in [6.07, 6.45) is 1.73. The number of carbonyl (C=O) groups excluding carboxylic acids is 2. The van der Waals surface area contributed by atoms with E-state index in [1.54, 1.807) is 25.4 Å². The van der Waals surface area contributed by atoms with E-state index >= 15 is 0 Å². The van der Waals surface area contributed by atoms with Gasteiger partial charge in [0.2, 0.25) is 5.91 Å². The average molecular weight is 473 g/mol. The predicted molar refractivity (Wildman–Crippen MR) is 124 cm³/mol. The van der Waals surface area contributed by atoms with Crippen molar-refractivity contribution in [2.24, 2.45) is 0 Å². The second-order valence-corrected chi connectivity index (χ2v) is 8.77. The van der Waals surface area contributed by atoms with Crippen LogP contribution < -0.4 is 15.1 Å². The third kappa shape index (κ3) is 5.28. The molecule has 2 aromatic rings. The second-order valence-electron chi connectivity index (χ2n) is 8.77. The van der Waals surface area contributed by atoms with Crippen LogP contribution in [0.5, 0.6) is 0 Å². The van der Waals surface area contributed by atoms with Gasteiger partial charge in [0.05, 0.1) is 31.0 Å². The van der Waals surface area contributed by atoms with Crippen molar-refractivity contribution in [3.05, 3.63) is 42.3 Å². The maximum absolute atomic E-state index is 15.0. The number of nitrogens with zero attached hydrogens (tertiary/aromatic N) is 3. The number of cyclic esters (lactones) is 1. The third-order valence-electron chi connectivity index (χ3n) is 6.21. The van der Waals surface area contributed by atoms with E-state index in [9.17, 15) is 19.1 Å². The minimum atomic E-state index is -0.804. The predicted octanol–water partition coefficient (Wildman–Crippen LogP) is 2.33. The summed E-state index contributed by atoms with van der Waals surface area (Å²) in [7, 11) is 1.58. The highest BCUT2D eigenvalue weighted by molar-refractivity contribution is 5.90. The molecule has 0 spiro atoms. The normalized spacial score (nSPS) is 19.8. The first-order valence-electron chi connectivity index (χ1n) is 11.2. The summed E-state index contributed by atoms with van der Waals surface area (Å²) in [5.41, 5.74) is 0.575. The van der Waals surface area contributed by atoms with Crippen LogP contribution >= 0.6 is 0 Å². The number of methoxy groups -OCH3 is 1. The Bertz CT molecular complexity index is 1040. The SMILES string of the molecule is COCC1(O)CCN(c2ccc(-c3ccc(N4CC(CNC(C)=O)OC4=O)cc3F)cn2)CC1. The van der Waals surface area contributed by atoms with Gasteiger partial charge in [-0.25, -0.2) is 14.2 Å². The number of halogens is 1. The maximum atomic E-state index is 15.0. The summed E-state index contributed by atoms with van der Waals surface area (Å²) >= 11 is 0. The number of nitrogens with one attached hydrogen (secondary N) is 1. The van der Waals surface area contributed by atoms with Crippen molar-refractivity contribution in [3.8, 4) is 11.1 Å². The van der Waals surface area contributed by atoms with E-state index < -0.39 is 23.6 Å². The van der Waals surface area contributed by atoms with Gasteiger partial charge in [-0.1, -0.05) is 0 Å². The number of anilines is 2. The maximum Gasteiger partial charge on any atom is 0.414 e. The first-order valence-corrected chi connectivity index (χ1v) is 11.2. The van der Waals surface area contributed by atoms with Gasteiger partial charge in [-0.15, -0.1) is 0 Å². The zero-order valence-corrected chi connectivity index (χ0v) is 19.3. The first kappa shape index (κ1) is 23.9. The number of carbonyl (C=O) groups is 2. The Kier molecular flexibility index (Phi) is 6.99. The number of pyridine rings is 1. The number of amides is 2. The molecule has 2 fully saturated rings. The van der Waals surface area contributed by atoms with Crippen molar-refractivity contribution in [2.45, 2.75) is 31.5 Å². The first-order chi connectivity index (χ1) is 16.3. The van der Waals surface area contributed by atoms with Gasteiger partial charge in [0, 0.05) is 44.4 Å². The molecule has 4 rings (SSSR count). The molecule has 1 atom stereocenters. The molecule has 2 aliphatic rings. The molecule has 0 bridgehead atoms. The van der Waals surface area contributed by atoms with Crippen LogP contribution in [0.25, 0.3) is 11.1 Å². The summed E-state index contributed by atoms with van der Waals surface area (Å²) in [6.45, 7) is 3.45. The van der Waals surface area contributed by atoms with E-state index in [-0.39, 0.29) is 19.0 Å². The number of hydrogen-bond donors (Lipinski definition) is 2. The summed E-state index contributed by atoms with van der Waals surface area (Å²) in [6, 6.07) is 8.22. The average Bonchev–Trinajstić information content (AvgIpc) is 3.19. The molecule has 1 unspecified atom stereocenters. The van der Waals surface area contributed by atoms with Crippen LogP contribution in [0.3, 0.4) is 0 Å². The van der Waals surface area contributed by atoms with Crippen molar-refractivity contribution in [1.82, 2.24) is 10.3 Å². The largest absolute Gasteiger partial charge is 0.442 e. The van der Waals surface area contributed by atoms with Crippen LogP contribution in [-0.2, 0) is 14.3 Å². The number of aliphatic hydroxyl groups is 1.